The maximum absolute atomic E-state index is 3.79. The highest BCUT2D eigenvalue weighted by Gasteiger charge is 1.87. The normalized spacial score (nSPS) is 8.56. The summed E-state index contributed by atoms with van der Waals surface area (Å²) in [6.07, 6.45) is 3.83. The van der Waals surface area contributed by atoms with Crippen molar-refractivity contribution in [1.82, 2.24) is 0 Å². The maximum atomic E-state index is 3.79. The Morgan fingerprint density at radius 1 is 1.33 bits per heavy atom. The molecule has 0 nitrogen and oxygen atoms in total. The van der Waals surface area contributed by atoms with Gasteiger partial charge in [0.2, 0.25) is 0 Å². The first-order valence-corrected chi connectivity index (χ1v) is 3.11. The summed E-state index contributed by atoms with van der Waals surface area (Å²) in [6, 6.07) is 0. The quantitative estimate of drug-likeness (QED) is 0.397. The smallest absolute Gasteiger partial charge is 0.0248 e. The van der Waals surface area contributed by atoms with Crippen molar-refractivity contribution in [3.63, 3.8) is 0 Å². The Kier molecular flexibility index (Phi) is 3.78. The van der Waals surface area contributed by atoms with Crippen LogP contribution < -0.4 is 0 Å². The third kappa shape index (κ3) is 5.09. The molecule has 0 aliphatic rings. The Bertz CT molecular complexity index is 129. The minimum atomic E-state index is 0.999. The van der Waals surface area contributed by atoms with Gasteiger partial charge in [-0.3, -0.25) is 0 Å². The van der Waals surface area contributed by atoms with E-state index in [4.69, 9.17) is 0 Å². The topological polar surface area (TPSA) is 0 Å². The summed E-state index contributed by atoms with van der Waals surface area (Å²) in [7, 11) is 0. The molecule has 0 heterocycles. The zero-order valence-corrected chi connectivity index (χ0v) is 6.11. The third-order valence-corrected chi connectivity index (χ3v) is 1.16. The molecule has 0 fully saturated rings. The molecule has 0 heteroatoms. The van der Waals surface area contributed by atoms with Crippen LogP contribution in [0.3, 0.4) is 0 Å². The largest absolute Gasteiger partial charge is 0.100 e. The Labute approximate surface area is 57.6 Å². The van der Waals surface area contributed by atoms with E-state index in [0.29, 0.717) is 0 Å². The molecule has 0 aromatic carbocycles. The van der Waals surface area contributed by atoms with E-state index < -0.39 is 0 Å². The van der Waals surface area contributed by atoms with Crippen LogP contribution in [0.5, 0.6) is 0 Å². The van der Waals surface area contributed by atoms with Crippen LogP contribution in [0, 0.1) is 0 Å². The first kappa shape index (κ1) is 8.22. The Morgan fingerprint density at radius 3 is 2.22 bits per heavy atom. The van der Waals surface area contributed by atoms with Crippen LogP contribution in [0.15, 0.2) is 37.0 Å². The summed E-state index contributed by atoms with van der Waals surface area (Å²) >= 11 is 0. The van der Waals surface area contributed by atoms with Crippen LogP contribution in [0.1, 0.15) is 19.8 Å². The van der Waals surface area contributed by atoms with E-state index in [0.717, 1.165) is 18.4 Å². The van der Waals surface area contributed by atoms with Crippen LogP contribution in [-0.4, -0.2) is 0 Å². The molecular weight excluding hydrogens is 108 g/mol. The second kappa shape index (κ2) is 4.13. The van der Waals surface area contributed by atoms with Gasteiger partial charge in [-0.2, -0.15) is 0 Å². The molecule has 0 atom stereocenters. The summed E-state index contributed by atoms with van der Waals surface area (Å²) in [4.78, 5) is 0. The van der Waals surface area contributed by atoms with Gasteiger partial charge in [-0.05, 0) is 19.8 Å². The van der Waals surface area contributed by atoms with Crippen LogP contribution >= 0.6 is 0 Å². The molecule has 0 unspecified atom stereocenters. The average Bonchev–Trinajstić information content (AvgIpc) is 1.83. The van der Waals surface area contributed by atoms with Crippen molar-refractivity contribution in [2.75, 3.05) is 0 Å². The monoisotopic (exact) mass is 122 g/mol. The molecule has 0 aromatic heterocycles. The Hall–Kier alpha value is -0.780. The molecule has 0 amide bonds. The van der Waals surface area contributed by atoms with Crippen molar-refractivity contribution in [1.29, 1.82) is 0 Å². The van der Waals surface area contributed by atoms with Gasteiger partial charge in [0, 0.05) is 0 Å². The van der Waals surface area contributed by atoms with Crippen molar-refractivity contribution in [2.45, 2.75) is 19.8 Å². The van der Waals surface area contributed by atoms with Gasteiger partial charge in [0.25, 0.3) is 0 Å². The first-order valence-electron chi connectivity index (χ1n) is 3.11. The minimum absolute atomic E-state index is 0.999. The Morgan fingerprint density at radius 2 is 1.89 bits per heavy atom. The highest BCUT2D eigenvalue weighted by atomic mass is 13.9. The van der Waals surface area contributed by atoms with Crippen molar-refractivity contribution < 1.29 is 0 Å². The number of hydrogen-bond acceptors (Lipinski definition) is 0. The SMILES string of the molecule is C=CC(=C)CCC(=C)C. The fourth-order valence-corrected chi connectivity index (χ4v) is 0.476. The fourth-order valence-electron chi connectivity index (χ4n) is 0.476. The van der Waals surface area contributed by atoms with E-state index in [9.17, 15) is 0 Å². The predicted octanol–water partition coefficient (Wildman–Crippen LogP) is 3.08. The molecule has 0 saturated heterocycles. The zero-order chi connectivity index (χ0) is 7.28. The standard InChI is InChI=1S/C9H14/c1-5-9(4)7-6-8(2)3/h5H,1-2,4,6-7H2,3H3. The maximum Gasteiger partial charge on any atom is -0.0248 e. The van der Waals surface area contributed by atoms with Crippen LogP contribution in [-0.2, 0) is 0 Å². The van der Waals surface area contributed by atoms with Crippen LogP contribution in [0.25, 0.3) is 0 Å². The number of hydrogen-bond donors (Lipinski definition) is 0. The van der Waals surface area contributed by atoms with E-state index in [-0.39, 0.29) is 0 Å². The van der Waals surface area contributed by atoms with Gasteiger partial charge in [-0.15, -0.1) is 6.58 Å². The minimum Gasteiger partial charge on any atom is -0.100 e. The van der Waals surface area contributed by atoms with Gasteiger partial charge in [-0.25, -0.2) is 0 Å². The summed E-state index contributed by atoms with van der Waals surface area (Å²) < 4.78 is 0. The van der Waals surface area contributed by atoms with Crippen LogP contribution in [0.2, 0.25) is 0 Å². The lowest BCUT2D eigenvalue weighted by Crippen LogP contribution is -1.77. The molecule has 9 heavy (non-hydrogen) atoms. The molecule has 0 aliphatic carbocycles. The van der Waals surface area contributed by atoms with E-state index in [1.807, 2.05) is 6.92 Å². The second-order valence-corrected chi connectivity index (χ2v) is 2.32. The van der Waals surface area contributed by atoms with E-state index in [1.54, 1.807) is 6.08 Å². The summed E-state index contributed by atoms with van der Waals surface area (Å²) in [5.41, 5.74) is 2.30. The van der Waals surface area contributed by atoms with Gasteiger partial charge in [0.15, 0.2) is 0 Å². The lowest BCUT2D eigenvalue weighted by molar-refractivity contribution is 0.955. The molecule has 0 bridgehead atoms. The van der Waals surface area contributed by atoms with Gasteiger partial charge in [0.05, 0.1) is 0 Å². The molecule has 0 rings (SSSR count). The summed E-state index contributed by atoms with van der Waals surface area (Å²) in [5, 5.41) is 0. The first-order chi connectivity index (χ1) is 4.16. The molecule has 50 valence electrons. The number of rotatable bonds is 4. The number of allylic oxidation sites excluding steroid dienone is 3. The van der Waals surface area contributed by atoms with Crippen LogP contribution in [0.4, 0.5) is 0 Å². The van der Waals surface area contributed by atoms with Gasteiger partial charge >= 0.3 is 0 Å². The lowest BCUT2D eigenvalue weighted by Gasteiger charge is -1.97. The van der Waals surface area contributed by atoms with Crippen molar-refractivity contribution in [2.24, 2.45) is 0 Å². The molecule has 0 N–H and O–H groups in total. The predicted molar refractivity (Wildman–Crippen MR) is 43.4 cm³/mol. The van der Waals surface area contributed by atoms with Gasteiger partial charge < -0.3 is 0 Å². The van der Waals surface area contributed by atoms with E-state index in [2.05, 4.69) is 19.7 Å². The molecule has 0 saturated carbocycles. The van der Waals surface area contributed by atoms with Gasteiger partial charge in [0.1, 0.15) is 0 Å². The molecule has 0 radical (unpaired) electrons. The van der Waals surface area contributed by atoms with Crippen molar-refractivity contribution in [3.8, 4) is 0 Å². The zero-order valence-electron chi connectivity index (χ0n) is 6.11. The van der Waals surface area contributed by atoms with Crippen molar-refractivity contribution in [3.05, 3.63) is 37.0 Å². The van der Waals surface area contributed by atoms with E-state index in [1.165, 1.54) is 5.57 Å². The van der Waals surface area contributed by atoms with E-state index >= 15 is 0 Å². The van der Waals surface area contributed by atoms with Gasteiger partial charge in [-0.1, -0.05) is 30.4 Å². The summed E-state index contributed by atoms with van der Waals surface area (Å²) in [6.45, 7) is 13.2. The van der Waals surface area contributed by atoms with Crippen molar-refractivity contribution >= 4 is 0 Å². The average molecular weight is 122 g/mol. The molecule has 0 spiro atoms. The second-order valence-electron chi connectivity index (χ2n) is 2.32. The molecule has 0 aromatic rings. The lowest BCUT2D eigenvalue weighted by atomic mass is 10.1. The fraction of sp³-hybridized carbons (Fsp3) is 0.333. The highest BCUT2D eigenvalue weighted by Crippen LogP contribution is 2.07. The molecule has 0 aliphatic heterocycles. The molecular formula is C9H14. The third-order valence-electron chi connectivity index (χ3n) is 1.16. The Balaban J connectivity index is 3.39. The highest BCUT2D eigenvalue weighted by molar-refractivity contribution is 5.12. The summed E-state index contributed by atoms with van der Waals surface area (Å²) in [5.74, 6) is 0.